The maximum atomic E-state index is 5.88. The number of hydrogen-bond donors (Lipinski definition) is 1. The largest absolute Gasteiger partial charge is 0.486 e. The van der Waals surface area contributed by atoms with Crippen LogP contribution in [0.2, 0.25) is 5.02 Å². The van der Waals surface area contributed by atoms with Gasteiger partial charge in [0, 0.05) is 10.7 Å². The minimum Gasteiger partial charge on any atom is -0.486 e. The summed E-state index contributed by atoms with van der Waals surface area (Å²) in [5.41, 5.74) is 1.92. The number of rotatable bonds is 6. The summed E-state index contributed by atoms with van der Waals surface area (Å²) in [5.74, 6) is 1.92. The molecule has 7 nitrogen and oxygen atoms in total. The fourth-order valence-corrected chi connectivity index (χ4v) is 3.49. The summed E-state index contributed by atoms with van der Waals surface area (Å²) in [6.45, 7) is 4.62. The number of nitrogens with one attached hydrogen (secondary N) is 1. The Morgan fingerprint density at radius 2 is 2.04 bits per heavy atom. The van der Waals surface area contributed by atoms with Crippen molar-refractivity contribution in [3.63, 3.8) is 0 Å². The van der Waals surface area contributed by atoms with E-state index in [1.807, 2.05) is 18.2 Å². The lowest BCUT2D eigenvalue weighted by molar-refractivity contribution is 0.293. The number of ether oxygens (including phenoxy) is 1. The second kappa shape index (κ2) is 7.05. The van der Waals surface area contributed by atoms with Gasteiger partial charge in [0.25, 0.3) is 0 Å². The highest BCUT2D eigenvalue weighted by Gasteiger charge is 2.15. The van der Waals surface area contributed by atoms with Crippen LogP contribution < -0.4 is 4.74 Å². The molecule has 26 heavy (non-hydrogen) atoms. The first-order valence-electron chi connectivity index (χ1n) is 8.22. The summed E-state index contributed by atoms with van der Waals surface area (Å²) in [4.78, 5) is 0.711. The van der Waals surface area contributed by atoms with Crippen LogP contribution in [0.1, 0.15) is 25.4 Å². The first kappa shape index (κ1) is 17.0. The van der Waals surface area contributed by atoms with Gasteiger partial charge in [-0.15, -0.1) is 10.2 Å². The lowest BCUT2D eigenvalue weighted by atomic mass is 10.1. The summed E-state index contributed by atoms with van der Waals surface area (Å²) < 4.78 is 7.44. The van der Waals surface area contributed by atoms with E-state index >= 15 is 0 Å². The van der Waals surface area contributed by atoms with E-state index in [0.29, 0.717) is 27.5 Å². The van der Waals surface area contributed by atoms with Gasteiger partial charge in [-0.25, -0.2) is 0 Å². The van der Waals surface area contributed by atoms with Crippen molar-refractivity contribution in [2.45, 2.75) is 26.9 Å². The maximum absolute atomic E-state index is 5.88. The van der Waals surface area contributed by atoms with E-state index < -0.39 is 0 Å². The predicted octanol–water partition coefficient (Wildman–Crippen LogP) is 4.01. The Labute approximate surface area is 159 Å². The van der Waals surface area contributed by atoms with Crippen molar-refractivity contribution in [1.82, 2.24) is 30.0 Å². The molecule has 0 aliphatic rings. The third-order valence-corrected chi connectivity index (χ3v) is 4.89. The quantitative estimate of drug-likeness (QED) is 0.539. The lowest BCUT2D eigenvalue weighted by Gasteiger charge is -2.03. The van der Waals surface area contributed by atoms with Gasteiger partial charge < -0.3 is 4.74 Å². The van der Waals surface area contributed by atoms with Crippen LogP contribution >= 0.6 is 22.9 Å². The smallest absolute Gasteiger partial charge is 0.235 e. The number of aromatic amines is 1. The lowest BCUT2D eigenvalue weighted by Crippen LogP contribution is -2.02. The van der Waals surface area contributed by atoms with E-state index in [0.717, 1.165) is 22.8 Å². The Bertz CT molecular complexity index is 1020. The zero-order valence-corrected chi connectivity index (χ0v) is 15.9. The molecule has 0 atom stereocenters. The SMILES string of the molecule is CC(C)Cc1cc(-c2nn3c(COc4ccc(Cl)cc4)nnc3s2)n[nH]1. The average Bonchev–Trinajstić information content (AvgIpc) is 3.29. The minimum atomic E-state index is 0.269. The van der Waals surface area contributed by atoms with E-state index in [2.05, 4.69) is 39.3 Å². The fourth-order valence-electron chi connectivity index (χ4n) is 2.55. The van der Waals surface area contributed by atoms with Gasteiger partial charge in [-0.3, -0.25) is 5.10 Å². The molecule has 3 heterocycles. The fraction of sp³-hybridized carbons (Fsp3) is 0.294. The number of fused-ring (bicyclic) bond motifs is 1. The van der Waals surface area contributed by atoms with Crippen LogP contribution in [0.3, 0.4) is 0 Å². The monoisotopic (exact) mass is 388 g/mol. The van der Waals surface area contributed by atoms with E-state index in [-0.39, 0.29) is 6.61 Å². The normalized spacial score (nSPS) is 11.5. The molecule has 1 N–H and O–H groups in total. The number of halogens is 1. The van der Waals surface area contributed by atoms with E-state index in [1.54, 1.807) is 16.6 Å². The molecule has 0 saturated carbocycles. The molecule has 0 unspecified atom stereocenters. The van der Waals surface area contributed by atoms with Crippen LogP contribution in [0.4, 0.5) is 0 Å². The van der Waals surface area contributed by atoms with Crippen LogP contribution in [0, 0.1) is 5.92 Å². The molecule has 0 saturated heterocycles. The number of benzene rings is 1. The Hall–Kier alpha value is -2.45. The summed E-state index contributed by atoms with van der Waals surface area (Å²) in [6.07, 6.45) is 0.956. The Balaban J connectivity index is 1.53. The van der Waals surface area contributed by atoms with E-state index in [4.69, 9.17) is 16.3 Å². The third kappa shape index (κ3) is 3.56. The van der Waals surface area contributed by atoms with Gasteiger partial charge in [0.05, 0.1) is 0 Å². The van der Waals surface area contributed by atoms with Gasteiger partial charge in [-0.1, -0.05) is 36.8 Å². The number of aromatic nitrogens is 6. The minimum absolute atomic E-state index is 0.269. The molecule has 0 radical (unpaired) electrons. The highest BCUT2D eigenvalue weighted by atomic mass is 35.5. The second-order valence-electron chi connectivity index (χ2n) is 6.34. The van der Waals surface area contributed by atoms with Crippen LogP contribution in [-0.2, 0) is 13.0 Å². The molecule has 4 rings (SSSR count). The van der Waals surface area contributed by atoms with Crippen LogP contribution in [0.15, 0.2) is 30.3 Å². The molecule has 0 fully saturated rings. The van der Waals surface area contributed by atoms with Crippen molar-refractivity contribution in [2.75, 3.05) is 0 Å². The number of H-pyrrole nitrogens is 1. The molecule has 134 valence electrons. The third-order valence-electron chi connectivity index (χ3n) is 3.72. The molecule has 0 spiro atoms. The number of hydrogen-bond acceptors (Lipinski definition) is 6. The predicted molar refractivity (Wildman–Crippen MR) is 101 cm³/mol. The average molecular weight is 389 g/mol. The van der Waals surface area contributed by atoms with Crippen molar-refractivity contribution < 1.29 is 4.74 Å². The van der Waals surface area contributed by atoms with Crippen molar-refractivity contribution in [1.29, 1.82) is 0 Å². The first-order valence-corrected chi connectivity index (χ1v) is 9.42. The molecule has 0 aliphatic carbocycles. The van der Waals surface area contributed by atoms with E-state index in [9.17, 15) is 0 Å². The summed E-state index contributed by atoms with van der Waals surface area (Å²) in [5, 5.41) is 21.8. The summed E-state index contributed by atoms with van der Waals surface area (Å²) >= 11 is 7.33. The van der Waals surface area contributed by atoms with Crippen LogP contribution in [0.5, 0.6) is 5.75 Å². The standard InChI is InChI=1S/C17H17ClN6OS/c1-10(2)7-12-8-14(20-19-12)16-23-24-15(21-22-17(24)26-16)9-25-13-5-3-11(18)4-6-13/h3-6,8,10H,7,9H2,1-2H3,(H,19,20). The summed E-state index contributed by atoms with van der Waals surface area (Å²) in [6, 6.07) is 9.22. The summed E-state index contributed by atoms with van der Waals surface area (Å²) in [7, 11) is 0. The highest BCUT2D eigenvalue weighted by Crippen LogP contribution is 2.25. The molecule has 0 amide bonds. The van der Waals surface area contributed by atoms with Crippen LogP contribution in [0.25, 0.3) is 15.7 Å². The van der Waals surface area contributed by atoms with Gasteiger partial charge in [0.1, 0.15) is 18.1 Å². The molecule has 9 heteroatoms. The molecular formula is C17H17ClN6OS. The van der Waals surface area contributed by atoms with Gasteiger partial charge in [0.2, 0.25) is 4.96 Å². The zero-order chi connectivity index (χ0) is 18.1. The number of nitrogens with zero attached hydrogens (tertiary/aromatic N) is 5. The zero-order valence-electron chi connectivity index (χ0n) is 14.3. The molecule has 4 aromatic rings. The maximum Gasteiger partial charge on any atom is 0.235 e. The molecule has 0 bridgehead atoms. The Morgan fingerprint density at radius 1 is 1.23 bits per heavy atom. The Morgan fingerprint density at radius 3 is 2.81 bits per heavy atom. The van der Waals surface area contributed by atoms with Crippen molar-refractivity contribution >= 4 is 27.9 Å². The first-order chi connectivity index (χ1) is 12.6. The van der Waals surface area contributed by atoms with Crippen molar-refractivity contribution in [3.05, 3.63) is 46.9 Å². The van der Waals surface area contributed by atoms with Gasteiger partial charge >= 0.3 is 0 Å². The van der Waals surface area contributed by atoms with E-state index in [1.165, 1.54) is 11.3 Å². The highest BCUT2D eigenvalue weighted by molar-refractivity contribution is 7.19. The topological polar surface area (TPSA) is 81.0 Å². The van der Waals surface area contributed by atoms with Gasteiger partial charge in [0.15, 0.2) is 10.8 Å². The molecule has 1 aromatic carbocycles. The van der Waals surface area contributed by atoms with Crippen molar-refractivity contribution in [3.8, 4) is 16.5 Å². The molecule has 0 aliphatic heterocycles. The Kier molecular flexibility index (Phi) is 4.60. The van der Waals surface area contributed by atoms with Crippen LogP contribution in [-0.4, -0.2) is 30.0 Å². The van der Waals surface area contributed by atoms with Crippen molar-refractivity contribution in [2.24, 2.45) is 5.92 Å². The van der Waals surface area contributed by atoms with Gasteiger partial charge in [-0.05, 0) is 42.7 Å². The van der Waals surface area contributed by atoms with Gasteiger partial charge in [-0.2, -0.15) is 14.7 Å². The molecular weight excluding hydrogens is 372 g/mol. The molecule has 3 aromatic heterocycles. The second-order valence-corrected chi connectivity index (χ2v) is 7.73.